The fraction of sp³-hybridized carbons (Fsp3) is 0.833. The van der Waals surface area contributed by atoms with Crippen molar-refractivity contribution in [2.45, 2.75) is 78.3 Å². The highest BCUT2D eigenvalue weighted by molar-refractivity contribution is 5.80. The van der Waals surface area contributed by atoms with Crippen molar-refractivity contribution in [2.75, 3.05) is 13.1 Å². The Balaban J connectivity index is 1.82. The Morgan fingerprint density at radius 2 is 2.08 bits per heavy atom. The molecular weight excluding hydrogens is 300 g/mol. The SMILES string of the molecule is CCCCN=C(NCCn1cnnc1CC)NC1CCC(C)CC1. The Morgan fingerprint density at radius 1 is 1.29 bits per heavy atom. The number of hydrogen-bond acceptors (Lipinski definition) is 3. The van der Waals surface area contributed by atoms with Gasteiger partial charge in [0.2, 0.25) is 0 Å². The normalized spacial score (nSPS) is 21.7. The van der Waals surface area contributed by atoms with Crippen LogP contribution >= 0.6 is 0 Å². The van der Waals surface area contributed by atoms with E-state index in [1.165, 1.54) is 32.1 Å². The fourth-order valence-electron chi connectivity index (χ4n) is 3.13. The highest BCUT2D eigenvalue weighted by atomic mass is 15.3. The molecule has 0 aliphatic heterocycles. The predicted molar refractivity (Wildman–Crippen MR) is 99.2 cm³/mol. The maximum absolute atomic E-state index is 4.74. The number of aliphatic imine (C=N–C) groups is 1. The molecule has 1 aliphatic rings. The summed E-state index contributed by atoms with van der Waals surface area (Å²) in [7, 11) is 0. The molecule has 0 unspecified atom stereocenters. The second-order valence-corrected chi connectivity index (χ2v) is 6.91. The van der Waals surface area contributed by atoms with Gasteiger partial charge in [-0.3, -0.25) is 4.99 Å². The molecular formula is C18H34N6. The molecule has 1 aliphatic carbocycles. The van der Waals surface area contributed by atoms with E-state index in [0.717, 1.165) is 50.2 Å². The number of hydrogen-bond donors (Lipinski definition) is 2. The molecule has 6 nitrogen and oxygen atoms in total. The number of rotatable bonds is 8. The van der Waals surface area contributed by atoms with Gasteiger partial charge < -0.3 is 15.2 Å². The van der Waals surface area contributed by atoms with Crippen LogP contribution in [0.15, 0.2) is 11.3 Å². The summed E-state index contributed by atoms with van der Waals surface area (Å²) in [6, 6.07) is 0.565. The lowest BCUT2D eigenvalue weighted by Crippen LogP contribution is -2.45. The minimum absolute atomic E-state index is 0.565. The van der Waals surface area contributed by atoms with Crippen LogP contribution < -0.4 is 10.6 Å². The smallest absolute Gasteiger partial charge is 0.191 e. The molecule has 2 N–H and O–H groups in total. The van der Waals surface area contributed by atoms with E-state index >= 15 is 0 Å². The number of aryl methyl sites for hydroxylation is 1. The summed E-state index contributed by atoms with van der Waals surface area (Å²) >= 11 is 0. The number of nitrogens with zero attached hydrogens (tertiary/aromatic N) is 4. The molecule has 0 spiro atoms. The molecule has 0 bridgehead atoms. The van der Waals surface area contributed by atoms with Crippen molar-refractivity contribution >= 4 is 5.96 Å². The average molecular weight is 335 g/mol. The first kappa shape index (κ1) is 18.7. The van der Waals surface area contributed by atoms with E-state index in [-0.39, 0.29) is 0 Å². The van der Waals surface area contributed by atoms with Crippen molar-refractivity contribution in [3.05, 3.63) is 12.2 Å². The number of guanidine groups is 1. The highest BCUT2D eigenvalue weighted by Crippen LogP contribution is 2.23. The lowest BCUT2D eigenvalue weighted by atomic mass is 9.87. The van der Waals surface area contributed by atoms with Crippen LogP contribution in [0.2, 0.25) is 0 Å². The van der Waals surface area contributed by atoms with Crippen molar-refractivity contribution in [3.8, 4) is 0 Å². The summed E-state index contributed by atoms with van der Waals surface area (Å²) < 4.78 is 2.11. The van der Waals surface area contributed by atoms with Gasteiger partial charge in [0.15, 0.2) is 5.96 Å². The van der Waals surface area contributed by atoms with E-state index in [9.17, 15) is 0 Å². The maximum atomic E-state index is 4.74. The molecule has 1 aromatic heterocycles. The van der Waals surface area contributed by atoms with Crippen molar-refractivity contribution < 1.29 is 0 Å². The molecule has 24 heavy (non-hydrogen) atoms. The Labute approximate surface area is 146 Å². The van der Waals surface area contributed by atoms with Crippen LogP contribution in [0.3, 0.4) is 0 Å². The summed E-state index contributed by atoms with van der Waals surface area (Å²) in [6.07, 6.45) is 10.2. The molecule has 0 radical (unpaired) electrons. The predicted octanol–water partition coefficient (Wildman–Crippen LogP) is 2.75. The second kappa shape index (κ2) is 10.3. The largest absolute Gasteiger partial charge is 0.355 e. The quantitative estimate of drug-likeness (QED) is 0.436. The first-order valence-corrected chi connectivity index (χ1v) is 9.64. The highest BCUT2D eigenvalue weighted by Gasteiger charge is 2.18. The van der Waals surface area contributed by atoms with Gasteiger partial charge in [-0.25, -0.2) is 0 Å². The lowest BCUT2D eigenvalue weighted by molar-refractivity contribution is 0.329. The van der Waals surface area contributed by atoms with E-state index < -0.39 is 0 Å². The van der Waals surface area contributed by atoms with Gasteiger partial charge in [0.05, 0.1) is 0 Å². The molecule has 0 amide bonds. The number of aromatic nitrogens is 3. The van der Waals surface area contributed by atoms with Gasteiger partial charge in [-0.2, -0.15) is 0 Å². The third-order valence-electron chi connectivity index (χ3n) is 4.80. The molecule has 1 saturated carbocycles. The second-order valence-electron chi connectivity index (χ2n) is 6.91. The van der Waals surface area contributed by atoms with E-state index in [4.69, 9.17) is 4.99 Å². The molecule has 1 aromatic rings. The van der Waals surface area contributed by atoms with Gasteiger partial charge in [-0.05, 0) is 38.0 Å². The van der Waals surface area contributed by atoms with Crippen LogP contribution in [-0.4, -0.2) is 39.9 Å². The van der Waals surface area contributed by atoms with Crippen molar-refractivity contribution in [3.63, 3.8) is 0 Å². The average Bonchev–Trinajstić information content (AvgIpc) is 3.04. The summed E-state index contributed by atoms with van der Waals surface area (Å²) in [5.74, 6) is 2.88. The molecule has 0 saturated heterocycles. The van der Waals surface area contributed by atoms with Crippen molar-refractivity contribution in [1.82, 2.24) is 25.4 Å². The molecule has 6 heteroatoms. The van der Waals surface area contributed by atoms with Gasteiger partial charge in [0.25, 0.3) is 0 Å². The summed E-state index contributed by atoms with van der Waals surface area (Å²) in [6.45, 7) is 9.27. The zero-order valence-electron chi connectivity index (χ0n) is 15.6. The van der Waals surface area contributed by atoms with Crippen LogP contribution in [0.5, 0.6) is 0 Å². The standard InChI is InChI=1S/C18H34N6/c1-4-6-11-19-18(22-16-9-7-15(3)8-10-16)20-12-13-24-14-21-23-17(24)5-2/h14-16H,4-13H2,1-3H3,(H2,19,20,22). The fourth-order valence-corrected chi connectivity index (χ4v) is 3.13. The Bertz CT molecular complexity index is 487. The lowest BCUT2D eigenvalue weighted by Gasteiger charge is -2.28. The van der Waals surface area contributed by atoms with Crippen molar-refractivity contribution in [2.24, 2.45) is 10.9 Å². The number of unbranched alkanes of at least 4 members (excludes halogenated alkanes) is 1. The molecule has 2 rings (SSSR count). The van der Waals surface area contributed by atoms with E-state index in [1.54, 1.807) is 0 Å². The van der Waals surface area contributed by atoms with Gasteiger partial charge in [-0.15, -0.1) is 10.2 Å². The van der Waals surface area contributed by atoms with Gasteiger partial charge in [-0.1, -0.05) is 27.2 Å². The Kier molecular flexibility index (Phi) is 8.05. The number of nitrogens with one attached hydrogen (secondary N) is 2. The van der Waals surface area contributed by atoms with Crippen LogP contribution in [0, 0.1) is 5.92 Å². The van der Waals surface area contributed by atoms with Gasteiger partial charge in [0, 0.05) is 32.1 Å². The Hall–Kier alpha value is -1.59. The zero-order valence-corrected chi connectivity index (χ0v) is 15.6. The van der Waals surface area contributed by atoms with Crippen molar-refractivity contribution in [1.29, 1.82) is 0 Å². The van der Waals surface area contributed by atoms with E-state index in [1.807, 2.05) is 6.33 Å². The van der Waals surface area contributed by atoms with Gasteiger partial charge >= 0.3 is 0 Å². The molecule has 1 fully saturated rings. The van der Waals surface area contributed by atoms with Gasteiger partial charge in [0.1, 0.15) is 12.2 Å². The molecule has 0 atom stereocenters. The van der Waals surface area contributed by atoms with E-state index in [0.29, 0.717) is 6.04 Å². The molecule has 0 aromatic carbocycles. The van der Waals surface area contributed by atoms with E-state index in [2.05, 4.69) is 46.2 Å². The maximum Gasteiger partial charge on any atom is 0.191 e. The topological polar surface area (TPSA) is 67.1 Å². The van der Waals surface area contributed by atoms with Crippen LogP contribution in [0.1, 0.15) is 65.1 Å². The third kappa shape index (κ3) is 6.13. The third-order valence-corrected chi connectivity index (χ3v) is 4.80. The summed E-state index contributed by atoms with van der Waals surface area (Å²) in [5.41, 5.74) is 0. The van der Waals surface area contributed by atoms with Crippen LogP contribution in [0.4, 0.5) is 0 Å². The minimum Gasteiger partial charge on any atom is -0.355 e. The first-order valence-electron chi connectivity index (χ1n) is 9.64. The minimum atomic E-state index is 0.565. The molecule has 136 valence electrons. The van der Waals surface area contributed by atoms with Crippen LogP contribution in [-0.2, 0) is 13.0 Å². The summed E-state index contributed by atoms with van der Waals surface area (Å²) in [5, 5.41) is 15.3. The zero-order chi connectivity index (χ0) is 17.2. The Morgan fingerprint density at radius 3 is 2.79 bits per heavy atom. The summed E-state index contributed by atoms with van der Waals surface area (Å²) in [4.78, 5) is 4.74. The monoisotopic (exact) mass is 334 g/mol. The molecule has 1 heterocycles. The first-order chi connectivity index (χ1) is 11.7. The van der Waals surface area contributed by atoms with Crippen LogP contribution in [0.25, 0.3) is 0 Å².